The molecule has 2 nitrogen and oxygen atoms in total. The van der Waals surface area contributed by atoms with Crippen molar-refractivity contribution in [3.8, 4) is 0 Å². The minimum atomic E-state index is -0.0945. The summed E-state index contributed by atoms with van der Waals surface area (Å²) < 4.78 is 0. The van der Waals surface area contributed by atoms with Crippen LogP contribution in [0.4, 0.5) is 0 Å². The van der Waals surface area contributed by atoms with E-state index < -0.39 is 0 Å². The van der Waals surface area contributed by atoms with Gasteiger partial charge in [-0.25, -0.2) is 0 Å². The van der Waals surface area contributed by atoms with E-state index in [1.807, 2.05) is 0 Å². The second-order valence-corrected chi connectivity index (χ2v) is 2.35. The van der Waals surface area contributed by atoms with Gasteiger partial charge in [0.2, 0.25) is 0 Å². The maximum Gasteiger partial charge on any atom is 0.180 e. The molecule has 0 fully saturated rings. The molecule has 11 heavy (non-hydrogen) atoms. The molecule has 0 bridgehead atoms. The average molecular weight is 154 g/mol. The van der Waals surface area contributed by atoms with Crippen molar-refractivity contribution >= 4 is 5.78 Å². The van der Waals surface area contributed by atoms with Gasteiger partial charge in [0.1, 0.15) is 0 Å². The fourth-order valence-corrected chi connectivity index (χ4v) is 0.718. The number of rotatable bonds is 6. The van der Waals surface area contributed by atoms with Gasteiger partial charge >= 0.3 is 0 Å². The highest BCUT2D eigenvalue weighted by Crippen LogP contribution is 2.05. The Morgan fingerprint density at radius 2 is 2.09 bits per heavy atom. The minimum Gasteiger partial charge on any atom is -0.396 e. The van der Waals surface area contributed by atoms with Crippen molar-refractivity contribution in [2.24, 2.45) is 0 Å². The van der Waals surface area contributed by atoms with Gasteiger partial charge in [-0.05, 0) is 30.9 Å². The first-order chi connectivity index (χ1) is 5.22. The lowest BCUT2D eigenvalue weighted by atomic mass is 10.1. The van der Waals surface area contributed by atoms with Gasteiger partial charge in [0, 0.05) is 6.61 Å². The van der Waals surface area contributed by atoms with Crippen LogP contribution in [0.2, 0.25) is 0 Å². The topological polar surface area (TPSA) is 37.3 Å². The van der Waals surface area contributed by atoms with Crippen molar-refractivity contribution in [2.45, 2.75) is 19.3 Å². The molecular weight excluding hydrogens is 140 g/mol. The molecule has 1 N–H and O–H groups in total. The Labute approximate surface area is 67.2 Å². The maximum absolute atomic E-state index is 10.8. The average Bonchev–Trinajstić information content (AvgIpc) is 2.03. The van der Waals surface area contributed by atoms with Crippen LogP contribution in [-0.4, -0.2) is 17.5 Å². The van der Waals surface area contributed by atoms with E-state index in [0.29, 0.717) is 12.0 Å². The highest BCUT2D eigenvalue weighted by atomic mass is 16.2. The molecular formula is C9H14O2. The van der Waals surface area contributed by atoms with Crippen LogP contribution in [0, 0.1) is 0 Å². The SMILES string of the molecule is C=CC(=O)C(=C)CCCCO. The van der Waals surface area contributed by atoms with Crippen molar-refractivity contribution in [1.29, 1.82) is 0 Å². The molecule has 0 amide bonds. The predicted molar refractivity (Wildman–Crippen MR) is 45.3 cm³/mol. The summed E-state index contributed by atoms with van der Waals surface area (Å²) in [6.45, 7) is 7.12. The standard InChI is InChI=1S/C9H14O2/c1-3-9(11)8(2)6-4-5-7-10/h3,10H,1-2,4-7H2. The third-order valence-corrected chi connectivity index (χ3v) is 1.42. The molecule has 0 radical (unpaired) electrons. The molecule has 0 atom stereocenters. The van der Waals surface area contributed by atoms with E-state index in [0.717, 1.165) is 12.8 Å². The second kappa shape index (κ2) is 5.86. The van der Waals surface area contributed by atoms with Crippen LogP contribution in [-0.2, 0) is 4.79 Å². The van der Waals surface area contributed by atoms with E-state index >= 15 is 0 Å². The molecule has 0 heterocycles. The zero-order chi connectivity index (χ0) is 8.69. The van der Waals surface area contributed by atoms with Crippen LogP contribution in [0.25, 0.3) is 0 Å². The van der Waals surface area contributed by atoms with E-state index in [9.17, 15) is 4.79 Å². The number of aliphatic hydroxyl groups excluding tert-OH is 1. The number of carbonyl (C=O) groups is 1. The van der Waals surface area contributed by atoms with Crippen LogP contribution >= 0.6 is 0 Å². The summed E-state index contributed by atoms with van der Waals surface area (Å²) in [6.07, 6.45) is 3.46. The van der Waals surface area contributed by atoms with Crippen molar-refractivity contribution in [3.05, 3.63) is 24.8 Å². The molecule has 0 aliphatic heterocycles. The molecule has 0 saturated carbocycles. The van der Waals surface area contributed by atoms with E-state index in [-0.39, 0.29) is 12.4 Å². The number of ketones is 1. The Bertz CT molecular complexity index is 159. The molecule has 62 valence electrons. The van der Waals surface area contributed by atoms with E-state index in [2.05, 4.69) is 13.2 Å². The summed E-state index contributed by atoms with van der Waals surface area (Å²) in [5.41, 5.74) is 0.577. The van der Waals surface area contributed by atoms with Crippen LogP contribution in [0.5, 0.6) is 0 Å². The molecule has 2 heteroatoms. The first-order valence-corrected chi connectivity index (χ1v) is 3.67. The summed E-state index contributed by atoms with van der Waals surface area (Å²) in [7, 11) is 0. The Kier molecular flexibility index (Phi) is 5.39. The number of unbranched alkanes of at least 4 members (excludes halogenated alkanes) is 1. The summed E-state index contributed by atoms with van der Waals surface area (Å²) in [5, 5.41) is 8.44. The summed E-state index contributed by atoms with van der Waals surface area (Å²) in [4.78, 5) is 10.8. The Morgan fingerprint density at radius 1 is 1.45 bits per heavy atom. The highest BCUT2D eigenvalue weighted by molar-refractivity contribution is 6.02. The van der Waals surface area contributed by atoms with E-state index in [4.69, 9.17) is 5.11 Å². The lowest BCUT2D eigenvalue weighted by molar-refractivity contribution is -0.111. The van der Waals surface area contributed by atoms with Crippen molar-refractivity contribution < 1.29 is 9.90 Å². The summed E-state index contributed by atoms with van der Waals surface area (Å²) >= 11 is 0. The van der Waals surface area contributed by atoms with Gasteiger partial charge in [0.15, 0.2) is 5.78 Å². The zero-order valence-electron chi connectivity index (χ0n) is 6.68. The van der Waals surface area contributed by atoms with Crippen LogP contribution in [0.3, 0.4) is 0 Å². The number of allylic oxidation sites excluding steroid dienone is 2. The molecule has 0 aliphatic rings. The van der Waals surface area contributed by atoms with Crippen molar-refractivity contribution in [3.63, 3.8) is 0 Å². The van der Waals surface area contributed by atoms with Gasteiger partial charge < -0.3 is 5.11 Å². The van der Waals surface area contributed by atoms with E-state index in [1.54, 1.807) is 0 Å². The fraction of sp³-hybridized carbons (Fsp3) is 0.444. The molecule has 0 aromatic heterocycles. The number of hydrogen-bond donors (Lipinski definition) is 1. The summed E-state index contributed by atoms with van der Waals surface area (Å²) in [6, 6.07) is 0. The lowest BCUT2D eigenvalue weighted by Gasteiger charge is -1.98. The highest BCUT2D eigenvalue weighted by Gasteiger charge is 2.00. The molecule has 0 aromatic carbocycles. The summed E-state index contributed by atoms with van der Waals surface area (Å²) in [5.74, 6) is -0.0945. The fourth-order valence-electron chi connectivity index (χ4n) is 0.718. The lowest BCUT2D eigenvalue weighted by Crippen LogP contribution is -1.96. The zero-order valence-corrected chi connectivity index (χ0v) is 6.68. The van der Waals surface area contributed by atoms with Gasteiger partial charge in [-0.15, -0.1) is 0 Å². The van der Waals surface area contributed by atoms with Crippen LogP contribution < -0.4 is 0 Å². The van der Waals surface area contributed by atoms with Gasteiger partial charge in [-0.2, -0.15) is 0 Å². The largest absolute Gasteiger partial charge is 0.396 e. The van der Waals surface area contributed by atoms with Gasteiger partial charge in [0.25, 0.3) is 0 Å². The van der Waals surface area contributed by atoms with Gasteiger partial charge in [0.05, 0.1) is 0 Å². The third-order valence-electron chi connectivity index (χ3n) is 1.42. The smallest absolute Gasteiger partial charge is 0.180 e. The molecule has 0 aliphatic carbocycles. The predicted octanol–water partition coefficient (Wildman–Crippen LogP) is 1.46. The Balaban J connectivity index is 3.52. The molecule has 0 rings (SSSR count). The van der Waals surface area contributed by atoms with Crippen LogP contribution in [0.15, 0.2) is 24.8 Å². The molecule has 0 unspecified atom stereocenters. The van der Waals surface area contributed by atoms with E-state index in [1.165, 1.54) is 6.08 Å². The Morgan fingerprint density at radius 3 is 2.55 bits per heavy atom. The van der Waals surface area contributed by atoms with Crippen molar-refractivity contribution in [2.75, 3.05) is 6.61 Å². The molecule has 0 saturated heterocycles. The second-order valence-electron chi connectivity index (χ2n) is 2.35. The first-order valence-electron chi connectivity index (χ1n) is 3.67. The third kappa shape index (κ3) is 4.51. The number of carbonyl (C=O) groups excluding carboxylic acids is 1. The normalized spacial score (nSPS) is 9.18. The number of hydrogen-bond acceptors (Lipinski definition) is 2. The Hall–Kier alpha value is -0.890. The monoisotopic (exact) mass is 154 g/mol. The van der Waals surface area contributed by atoms with Crippen molar-refractivity contribution in [1.82, 2.24) is 0 Å². The number of aliphatic hydroxyl groups is 1. The maximum atomic E-state index is 10.8. The van der Waals surface area contributed by atoms with Gasteiger partial charge in [-0.1, -0.05) is 13.2 Å². The quantitative estimate of drug-likeness (QED) is 0.464. The first kappa shape index (κ1) is 10.1. The molecule has 0 spiro atoms. The van der Waals surface area contributed by atoms with Crippen LogP contribution in [0.1, 0.15) is 19.3 Å². The van der Waals surface area contributed by atoms with Gasteiger partial charge in [-0.3, -0.25) is 4.79 Å². The minimum absolute atomic E-state index is 0.0945. The molecule has 0 aromatic rings.